The average Bonchev–Trinajstić information content (AvgIpc) is 2.83. The Balaban J connectivity index is 0.000000240. The SMILES string of the molecule is CCN1C(F)(F)NC(F)(F)C1(F)F.CCn1ccnc1. The molecule has 1 N–H and O–H groups in total. The van der Waals surface area contributed by atoms with Crippen LogP contribution in [0.1, 0.15) is 13.8 Å². The number of rotatable bonds is 2. The molecule has 1 aliphatic rings. The van der Waals surface area contributed by atoms with Crippen LogP contribution in [0.25, 0.3) is 0 Å². The lowest BCUT2D eigenvalue weighted by atomic mass is 10.4. The fourth-order valence-corrected chi connectivity index (χ4v) is 1.55. The molecule has 10 heteroatoms. The molecule has 0 saturated carbocycles. The van der Waals surface area contributed by atoms with Gasteiger partial charge in [0.1, 0.15) is 0 Å². The van der Waals surface area contributed by atoms with Crippen molar-refractivity contribution in [3.05, 3.63) is 18.7 Å². The molecule has 1 aromatic heterocycles. The van der Waals surface area contributed by atoms with Crippen molar-refractivity contribution < 1.29 is 26.3 Å². The maximum Gasteiger partial charge on any atom is 0.388 e. The zero-order chi connectivity index (χ0) is 15.6. The fraction of sp³-hybridized carbons (Fsp3) is 0.700. The summed E-state index contributed by atoms with van der Waals surface area (Å²) in [5.41, 5.74) is 0. The van der Waals surface area contributed by atoms with E-state index in [4.69, 9.17) is 0 Å². The highest BCUT2D eigenvalue weighted by atomic mass is 19.3. The number of nitrogens with one attached hydrogen (secondary N) is 1. The minimum absolute atomic E-state index is 0.270. The number of halogens is 6. The Hall–Kier alpha value is -1.29. The first-order chi connectivity index (χ1) is 9.08. The summed E-state index contributed by atoms with van der Waals surface area (Å²) in [6, 6.07) is -9.78. The third kappa shape index (κ3) is 3.06. The van der Waals surface area contributed by atoms with Crippen LogP contribution in [-0.4, -0.2) is 39.3 Å². The standard InChI is InChI=1S/C5H6F6N2.C5H8N2/c1-2-13-4(8,9)3(6,7)12-5(13,10)11;1-2-7-4-3-6-5-7/h12H,2H2,1H3;3-5H,2H2,1H3. The van der Waals surface area contributed by atoms with E-state index in [9.17, 15) is 26.3 Å². The summed E-state index contributed by atoms with van der Waals surface area (Å²) in [7, 11) is 0. The lowest BCUT2D eigenvalue weighted by Crippen LogP contribution is -2.49. The van der Waals surface area contributed by atoms with E-state index < -0.39 is 29.7 Å². The molecule has 0 radical (unpaired) electrons. The molecule has 1 fully saturated rings. The smallest absolute Gasteiger partial charge is 0.338 e. The van der Waals surface area contributed by atoms with Gasteiger partial charge in [-0.25, -0.2) is 4.98 Å². The second-order valence-electron chi connectivity index (χ2n) is 3.92. The highest BCUT2D eigenvalue weighted by molar-refractivity contribution is 4.94. The highest BCUT2D eigenvalue weighted by Gasteiger charge is 2.75. The van der Waals surface area contributed by atoms with Gasteiger partial charge in [-0.1, -0.05) is 6.92 Å². The lowest BCUT2D eigenvalue weighted by Gasteiger charge is -2.25. The number of imidazole rings is 1. The molecule has 2 heterocycles. The molecule has 0 unspecified atom stereocenters. The van der Waals surface area contributed by atoms with E-state index in [2.05, 4.69) is 11.9 Å². The van der Waals surface area contributed by atoms with Crippen molar-refractivity contribution in [3.8, 4) is 0 Å². The van der Waals surface area contributed by atoms with Gasteiger partial charge in [-0.2, -0.15) is 36.6 Å². The normalized spacial score (nSPS) is 23.2. The number of likely N-dealkylation sites (N-methyl/N-ethyl adjacent to an activating group) is 1. The Morgan fingerprint density at radius 2 is 1.65 bits per heavy atom. The van der Waals surface area contributed by atoms with Crippen molar-refractivity contribution in [3.63, 3.8) is 0 Å². The largest absolute Gasteiger partial charge is 0.388 e. The van der Waals surface area contributed by atoms with E-state index in [-0.39, 0.29) is 5.32 Å². The molecule has 116 valence electrons. The van der Waals surface area contributed by atoms with Crippen LogP contribution < -0.4 is 5.32 Å². The zero-order valence-electron chi connectivity index (χ0n) is 10.8. The molecule has 2 rings (SSSR count). The van der Waals surface area contributed by atoms with Crippen molar-refractivity contribution >= 4 is 0 Å². The van der Waals surface area contributed by atoms with Crippen LogP contribution in [-0.2, 0) is 6.54 Å². The molecule has 4 nitrogen and oxygen atoms in total. The van der Waals surface area contributed by atoms with Gasteiger partial charge in [-0.3, -0.25) is 0 Å². The third-order valence-corrected chi connectivity index (χ3v) is 2.60. The number of hydrogen-bond donors (Lipinski definition) is 1. The Bertz CT molecular complexity index is 419. The number of aryl methyl sites for hydroxylation is 1. The first-order valence-electron chi connectivity index (χ1n) is 5.74. The molecule has 0 atom stereocenters. The van der Waals surface area contributed by atoms with Crippen molar-refractivity contribution in [1.82, 2.24) is 19.8 Å². The third-order valence-electron chi connectivity index (χ3n) is 2.60. The molecule has 0 amide bonds. The van der Waals surface area contributed by atoms with Crippen LogP contribution in [0.3, 0.4) is 0 Å². The molecule has 1 aromatic rings. The van der Waals surface area contributed by atoms with Crippen LogP contribution in [0.2, 0.25) is 0 Å². The van der Waals surface area contributed by atoms with Gasteiger partial charge < -0.3 is 4.57 Å². The van der Waals surface area contributed by atoms with Gasteiger partial charge in [0.15, 0.2) is 0 Å². The summed E-state index contributed by atoms with van der Waals surface area (Å²) < 4.78 is 76.5. The minimum Gasteiger partial charge on any atom is -0.338 e. The van der Waals surface area contributed by atoms with Crippen LogP contribution in [0.4, 0.5) is 26.3 Å². The fourth-order valence-electron chi connectivity index (χ4n) is 1.55. The molecule has 0 spiro atoms. The summed E-state index contributed by atoms with van der Waals surface area (Å²) in [6.45, 7) is 3.15. The molecular weight excluding hydrogens is 290 g/mol. The Morgan fingerprint density at radius 3 is 1.85 bits per heavy atom. The Kier molecular flexibility index (Phi) is 4.70. The summed E-state index contributed by atoms with van der Waals surface area (Å²) in [5.74, 6) is 0. The maximum atomic E-state index is 12.5. The predicted octanol–water partition coefficient (Wildman–Crippen LogP) is 2.55. The summed E-state index contributed by atoms with van der Waals surface area (Å²) >= 11 is 0. The second-order valence-corrected chi connectivity index (χ2v) is 3.92. The molecule has 1 saturated heterocycles. The van der Waals surface area contributed by atoms with Gasteiger partial charge in [-0.15, -0.1) is 0 Å². The first kappa shape index (κ1) is 16.8. The van der Waals surface area contributed by atoms with Gasteiger partial charge in [0.2, 0.25) is 0 Å². The van der Waals surface area contributed by atoms with E-state index in [1.165, 1.54) is 0 Å². The van der Waals surface area contributed by atoms with Crippen LogP contribution in [0.15, 0.2) is 18.7 Å². The zero-order valence-corrected chi connectivity index (χ0v) is 10.8. The van der Waals surface area contributed by atoms with Gasteiger partial charge in [-0.05, 0) is 6.92 Å². The van der Waals surface area contributed by atoms with Crippen molar-refractivity contribution in [2.75, 3.05) is 6.54 Å². The molecule has 0 aliphatic carbocycles. The van der Waals surface area contributed by atoms with E-state index in [1.54, 1.807) is 12.5 Å². The lowest BCUT2D eigenvalue weighted by molar-refractivity contribution is -0.273. The van der Waals surface area contributed by atoms with Gasteiger partial charge >= 0.3 is 18.3 Å². The van der Waals surface area contributed by atoms with E-state index in [0.29, 0.717) is 0 Å². The summed E-state index contributed by atoms with van der Waals surface area (Å²) in [5, 5.41) is 0.270. The molecule has 20 heavy (non-hydrogen) atoms. The molecular formula is C10H14F6N4. The van der Waals surface area contributed by atoms with Crippen LogP contribution in [0.5, 0.6) is 0 Å². The summed E-state index contributed by atoms with van der Waals surface area (Å²) in [6.07, 6.45) is 1.14. The first-order valence-corrected chi connectivity index (χ1v) is 5.74. The van der Waals surface area contributed by atoms with Crippen molar-refractivity contribution in [2.24, 2.45) is 0 Å². The van der Waals surface area contributed by atoms with Crippen molar-refractivity contribution in [1.29, 1.82) is 0 Å². The minimum atomic E-state index is -4.91. The van der Waals surface area contributed by atoms with Gasteiger partial charge in [0.25, 0.3) is 0 Å². The number of alkyl halides is 6. The number of nitrogens with zero attached hydrogens (tertiary/aromatic N) is 3. The van der Waals surface area contributed by atoms with E-state index >= 15 is 0 Å². The number of hydrogen-bond acceptors (Lipinski definition) is 3. The molecule has 1 aliphatic heterocycles. The Labute approximate surface area is 111 Å². The van der Waals surface area contributed by atoms with Gasteiger partial charge in [0, 0.05) is 25.5 Å². The maximum absolute atomic E-state index is 12.5. The van der Waals surface area contributed by atoms with Crippen LogP contribution in [0, 0.1) is 0 Å². The second kappa shape index (κ2) is 5.60. The van der Waals surface area contributed by atoms with E-state index in [0.717, 1.165) is 13.5 Å². The van der Waals surface area contributed by atoms with Crippen molar-refractivity contribution in [2.45, 2.75) is 38.7 Å². The van der Waals surface area contributed by atoms with Crippen LogP contribution >= 0.6 is 0 Å². The topological polar surface area (TPSA) is 33.1 Å². The molecule has 0 aromatic carbocycles. The van der Waals surface area contributed by atoms with Gasteiger partial charge in [0.05, 0.1) is 6.33 Å². The number of aromatic nitrogens is 2. The Morgan fingerprint density at radius 1 is 1.05 bits per heavy atom. The summed E-state index contributed by atoms with van der Waals surface area (Å²) in [4.78, 5) is 2.97. The molecule has 0 bridgehead atoms. The predicted molar refractivity (Wildman–Crippen MR) is 58.3 cm³/mol. The van der Waals surface area contributed by atoms with E-state index in [1.807, 2.05) is 10.8 Å². The monoisotopic (exact) mass is 304 g/mol. The highest BCUT2D eigenvalue weighted by Crippen LogP contribution is 2.46. The quantitative estimate of drug-likeness (QED) is 0.673. The average molecular weight is 304 g/mol.